The molecule has 1 aromatic rings. The Balaban J connectivity index is 2.26. The van der Waals surface area contributed by atoms with Gasteiger partial charge in [0.15, 0.2) is 0 Å². The van der Waals surface area contributed by atoms with Crippen molar-refractivity contribution in [2.45, 2.75) is 11.8 Å². The topological polar surface area (TPSA) is 83.8 Å². The number of nitrogens with zero attached hydrogens (tertiary/aromatic N) is 3. The van der Waals surface area contributed by atoms with E-state index < -0.39 is 14.9 Å². The first kappa shape index (κ1) is 16.6. The van der Waals surface area contributed by atoms with Crippen molar-refractivity contribution >= 4 is 15.7 Å². The normalized spacial score (nSPS) is 17.3. The lowest BCUT2D eigenvalue weighted by Gasteiger charge is -2.33. The zero-order valence-corrected chi connectivity index (χ0v) is 13.3. The van der Waals surface area contributed by atoms with Gasteiger partial charge in [-0.3, -0.25) is 15.0 Å². The number of rotatable bonds is 5. The molecule has 0 unspecified atom stereocenters. The molecule has 2 rings (SSSR count). The predicted molar refractivity (Wildman–Crippen MR) is 83.2 cm³/mol. The van der Waals surface area contributed by atoms with Crippen molar-refractivity contribution in [1.29, 1.82) is 0 Å². The van der Waals surface area contributed by atoms with Crippen LogP contribution in [0.25, 0.3) is 0 Å². The number of nitro groups is 1. The van der Waals surface area contributed by atoms with Crippen LogP contribution in [0.5, 0.6) is 0 Å². The van der Waals surface area contributed by atoms with Gasteiger partial charge in [0.05, 0.1) is 9.82 Å². The standard InChI is InChI=1S/C14H19N3O4S/c1-3-6-15-7-9-16(10-8-15)22(20,21)14-11-13(17(18)19)5-4-12(14)2/h3-5,11H,1,6-10H2,2H3. The molecular weight excluding hydrogens is 306 g/mol. The molecule has 0 N–H and O–H groups in total. The van der Waals surface area contributed by atoms with Gasteiger partial charge in [0.2, 0.25) is 10.0 Å². The van der Waals surface area contributed by atoms with Crippen LogP contribution in [0.3, 0.4) is 0 Å². The van der Waals surface area contributed by atoms with Gasteiger partial charge < -0.3 is 0 Å². The molecule has 0 radical (unpaired) electrons. The summed E-state index contributed by atoms with van der Waals surface area (Å²) in [6, 6.07) is 3.93. The van der Waals surface area contributed by atoms with Crippen molar-refractivity contribution in [1.82, 2.24) is 9.21 Å². The first-order chi connectivity index (χ1) is 10.4. The van der Waals surface area contributed by atoms with Crippen LogP contribution in [0, 0.1) is 17.0 Å². The van der Waals surface area contributed by atoms with Crippen LogP contribution >= 0.6 is 0 Å². The van der Waals surface area contributed by atoms with E-state index in [1.807, 2.05) is 0 Å². The van der Waals surface area contributed by atoms with Crippen LogP contribution in [-0.2, 0) is 10.0 Å². The zero-order valence-electron chi connectivity index (χ0n) is 12.4. The van der Waals surface area contributed by atoms with Gasteiger partial charge in [-0.1, -0.05) is 12.1 Å². The number of non-ortho nitro benzene ring substituents is 1. The Morgan fingerprint density at radius 3 is 2.50 bits per heavy atom. The number of nitro benzene ring substituents is 1. The molecule has 8 heteroatoms. The smallest absolute Gasteiger partial charge is 0.270 e. The lowest BCUT2D eigenvalue weighted by molar-refractivity contribution is -0.385. The molecule has 0 bridgehead atoms. The summed E-state index contributed by atoms with van der Waals surface area (Å²) < 4.78 is 26.8. The van der Waals surface area contributed by atoms with Crippen LogP contribution in [0.1, 0.15) is 5.56 Å². The molecule has 1 saturated heterocycles. The largest absolute Gasteiger partial charge is 0.297 e. The summed E-state index contributed by atoms with van der Waals surface area (Å²) in [7, 11) is -3.71. The van der Waals surface area contributed by atoms with E-state index in [-0.39, 0.29) is 10.6 Å². The molecule has 1 heterocycles. The molecule has 0 saturated carbocycles. The van der Waals surface area contributed by atoms with Gasteiger partial charge in [-0.25, -0.2) is 8.42 Å². The number of sulfonamides is 1. The van der Waals surface area contributed by atoms with E-state index in [1.165, 1.54) is 16.4 Å². The third-order valence-corrected chi connectivity index (χ3v) is 5.76. The number of aryl methyl sites for hydroxylation is 1. The molecule has 1 aromatic carbocycles. The summed E-state index contributed by atoms with van der Waals surface area (Å²) in [6.07, 6.45) is 1.79. The van der Waals surface area contributed by atoms with Gasteiger partial charge in [-0.15, -0.1) is 6.58 Å². The quantitative estimate of drug-likeness (QED) is 0.464. The van der Waals surface area contributed by atoms with Gasteiger partial charge in [-0.05, 0) is 12.5 Å². The third kappa shape index (κ3) is 3.34. The van der Waals surface area contributed by atoms with Gasteiger partial charge in [-0.2, -0.15) is 4.31 Å². The molecule has 120 valence electrons. The summed E-state index contributed by atoms with van der Waals surface area (Å²) in [5.41, 5.74) is 0.300. The fourth-order valence-electron chi connectivity index (χ4n) is 2.45. The van der Waals surface area contributed by atoms with Crippen molar-refractivity contribution in [3.8, 4) is 0 Å². The number of benzene rings is 1. The Labute approximate surface area is 130 Å². The van der Waals surface area contributed by atoms with Crippen molar-refractivity contribution < 1.29 is 13.3 Å². The van der Waals surface area contributed by atoms with Crippen LogP contribution in [0.15, 0.2) is 35.7 Å². The number of hydrogen-bond donors (Lipinski definition) is 0. The van der Waals surface area contributed by atoms with Gasteiger partial charge in [0.25, 0.3) is 5.69 Å². The van der Waals surface area contributed by atoms with Gasteiger partial charge >= 0.3 is 0 Å². The average molecular weight is 325 g/mol. The first-order valence-electron chi connectivity index (χ1n) is 6.94. The van der Waals surface area contributed by atoms with Gasteiger partial charge in [0, 0.05) is 44.9 Å². The lowest BCUT2D eigenvalue weighted by atomic mass is 10.2. The molecule has 7 nitrogen and oxygen atoms in total. The van der Waals surface area contributed by atoms with Crippen LogP contribution < -0.4 is 0 Å². The summed E-state index contributed by atoms with van der Waals surface area (Å²) in [5, 5.41) is 10.9. The number of hydrogen-bond acceptors (Lipinski definition) is 5. The molecule has 1 aliphatic heterocycles. The SMILES string of the molecule is C=CCN1CCN(S(=O)(=O)c2cc([N+](=O)[O-])ccc2C)CC1. The van der Waals surface area contributed by atoms with E-state index in [0.29, 0.717) is 31.7 Å². The molecular formula is C14H19N3O4S. The van der Waals surface area contributed by atoms with E-state index in [1.54, 1.807) is 13.0 Å². The maximum atomic E-state index is 12.7. The fourth-order valence-corrected chi connectivity index (χ4v) is 4.12. The summed E-state index contributed by atoms with van der Waals surface area (Å²) in [5.74, 6) is 0. The highest BCUT2D eigenvalue weighted by Gasteiger charge is 2.30. The minimum atomic E-state index is -3.71. The molecule has 0 amide bonds. The Bertz CT molecular complexity index is 679. The summed E-state index contributed by atoms with van der Waals surface area (Å²) in [4.78, 5) is 12.4. The third-order valence-electron chi connectivity index (χ3n) is 3.72. The monoisotopic (exact) mass is 325 g/mol. The molecule has 0 aliphatic carbocycles. The Morgan fingerprint density at radius 2 is 1.95 bits per heavy atom. The zero-order chi connectivity index (χ0) is 16.3. The van der Waals surface area contributed by atoms with Crippen molar-refractivity contribution in [3.05, 3.63) is 46.5 Å². The van der Waals surface area contributed by atoms with Crippen molar-refractivity contribution in [2.24, 2.45) is 0 Å². The fraction of sp³-hybridized carbons (Fsp3) is 0.429. The Kier molecular flexibility index (Phi) is 4.94. The minimum absolute atomic E-state index is 0.0128. The maximum Gasteiger partial charge on any atom is 0.270 e. The highest BCUT2D eigenvalue weighted by atomic mass is 32.2. The van der Waals surface area contributed by atoms with E-state index in [0.717, 1.165) is 12.6 Å². The Morgan fingerprint density at radius 1 is 1.32 bits per heavy atom. The highest BCUT2D eigenvalue weighted by molar-refractivity contribution is 7.89. The second kappa shape index (κ2) is 6.55. The molecule has 1 fully saturated rings. The van der Waals surface area contributed by atoms with Gasteiger partial charge in [0.1, 0.15) is 0 Å². The second-order valence-electron chi connectivity index (χ2n) is 5.20. The molecule has 22 heavy (non-hydrogen) atoms. The summed E-state index contributed by atoms with van der Waals surface area (Å²) in [6.45, 7) is 8.04. The summed E-state index contributed by atoms with van der Waals surface area (Å²) >= 11 is 0. The molecule has 1 aliphatic rings. The second-order valence-corrected chi connectivity index (χ2v) is 7.11. The van der Waals surface area contributed by atoms with Crippen LogP contribution in [0.2, 0.25) is 0 Å². The van der Waals surface area contributed by atoms with E-state index in [2.05, 4.69) is 11.5 Å². The first-order valence-corrected chi connectivity index (χ1v) is 8.38. The van der Waals surface area contributed by atoms with Crippen molar-refractivity contribution in [3.63, 3.8) is 0 Å². The van der Waals surface area contributed by atoms with E-state index in [9.17, 15) is 18.5 Å². The van der Waals surface area contributed by atoms with E-state index >= 15 is 0 Å². The molecule has 0 spiro atoms. The molecule has 0 aromatic heterocycles. The molecule has 0 atom stereocenters. The highest BCUT2D eigenvalue weighted by Crippen LogP contribution is 2.25. The maximum absolute atomic E-state index is 12.7. The van der Waals surface area contributed by atoms with Crippen LogP contribution in [-0.4, -0.2) is 55.3 Å². The predicted octanol–water partition coefficient (Wildman–Crippen LogP) is 1.40. The Hall–Kier alpha value is -1.77. The van der Waals surface area contributed by atoms with E-state index in [4.69, 9.17) is 0 Å². The van der Waals surface area contributed by atoms with Crippen LogP contribution in [0.4, 0.5) is 5.69 Å². The lowest BCUT2D eigenvalue weighted by Crippen LogP contribution is -2.48. The average Bonchev–Trinajstić information content (AvgIpc) is 2.48. The van der Waals surface area contributed by atoms with Crippen molar-refractivity contribution in [2.75, 3.05) is 32.7 Å². The number of piperazine rings is 1. The minimum Gasteiger partial charge on any atom is -0.297 e.